The van der Waals surface area contributed by atoms with Crippen LogP contribution < -0.4 is 16.0 Å². The Labute approximate surface area is 255 Å². The van der Waals surface area contributed by atoms with E-state index in [1.165, 1.54) is 43.3 Å². The Morgan fingerprint density at radius 2 is 1.38 bits per heavy atom. The van der Waals surface area contributed by atoms with E-state index in [9.17, 15) is 34.2 Å². The lowest BCUT2D eigenvalue weighted by atomic mass is 9.87. The van der Waals surface area contributed by atoms with Crippen molar-refractivity contribution in [1.29, 1.82) is 0 Å². The SMILES string of the molecule is CCOC(=O)CC(c1ccc(C(=O)Oc2c(C(C)CC(=O)O)c(=O)oc3ccccc23)cc1)c1c(O)c2ccccc2oc1=O. The van der Waals surface area contributed by atoms with Crippen molar-refractivity contribution in [3.05, 3.63) is 116 Å². The molecule has 3 aromatic carbocycles. The van der Waals surface area contributed by atoms with Crippen LogP contribution in [0.5, 0.6) is 11.5 Å². The van der Waals surface area contributed by atoms with Crippen molar-refractivity contribution in [2.45, 2.75) is 38.5 Å². The molecule has 2 atom stereocenters. The average Bonchev–Trinajstić information content (AvgIpc) is 3.00. The highest BCUT2D eigenvalue weighted by Crippen LogP contribution is 2.37. The van der Waals surface area contributed by atoms with Gasteiger partial charge in [0.15, 0.2) is 5.75 Å². The maximum atomic E-state index is 13.4. The predicted octanol–water partition coefficient (Wildman–Crippen LogP) is 5.49. The zero-order valence-electron chi connectivity index (χ0n) is 24.3. The first-order valence-electron chi connectivity index (χ1n) is 14.1. The molecule has 0 aliphatic rings. The Balaban J connectivity index is 1.53. The van der Waals surface area contributed by atoms with Crippen LogP contribution >= 0.6 is 0 Å². The molecule has 0 aliphatic heterocycles. The lowest BCUT2D eigenvalue weighted by molar-refractivity contribution is -0.143. The zero-order valence-corrected chi connectivity index (χ0v) is 24.3. The number of rotatable bonds is 10. The molecule has 0 amide bonds. The van der Waals surface area contributed by atoms with E-state index in [0.717, 1.165) is 0 Å². The van der Waals surface area contributed by atoms with Gasteiger partial charge in [-0.2, -0.15) is 0 Å². The number of aliphatic carboxylic acids is 1. The minimum absolute atomic E-state index is 0.0533. The summed E-state index contributed by atoms with van der Waals surface area (Å²) in [6, 6.07) is 18.6. The Bertz CT molecular complexity index is 2040. The van der Waals surface area contributed by atoms with Crippen LogP contribution in [0, 0.1) is 0 Å². The van der Waals surface area contributed by atoms with Crippen molar-refractivity contribution in [3.8, 4) is 11.5 Å². The first-order chi connectivity index (χ1) is 21.6. The Morgan fingerprint density at radius 3 is 2.00 bits per heavy atom. The summed E-state index contributed by atoms with van der Waals surface area (Å²) in [5, 5.41) is 21.0. The average molecular weight is 613 g/mol. The number of ether oxygens (including phenoxy) is 2. The number of aromatic hydroxyl groups is 1. The van der Waals surface area contributed by atoms with Crippen LogP contribution in [0.1, 0.15) is 65.6 Å². The minimum Gasteiger partial charge on any atom is -0.507 e. The van der Waals surface area contributed by atoms with Crippen molar-refractivity contribution in [1.82, 2.24) is 0 Å². The number of para-hydroxylation sites is 2. The summed E-state index contributed by atoms with van der Waals surface area (Å²) in [5.41, 5.74) is -1.10. The molecule has 0 radical (unpaired) electrons. The first kappa shape index (κ1) is 30.7. The molecule has 5 aromatic rings. The van der Waals surface area contributed by atoms with Gasteiger partial charge >= 0.3 is 29.2 Å². The molecule has 2 N–H and O–H groups in total. The molecule has 0 fully saturated rings. The molecule has 45 heavy (non-hydrogen) atoms. The second-order valence-electron chi connectivity index (χ2n) is 10.3. The predicted molar refractivity (Wildman–Crippen MR) is 162 cm³/mol. The van der Waals surface area contributed by atoms with Crippen LogP contribution in [0.4, 0.5) is 0 Å². The van der Waals surface area contributed by atoms with Crippen LogP contribution in [0.15, 0.2) is 91.2 Å². The highest BCUT2D eigenvalue weighted by Gasteiger charge is 2.29. The maximum absolute atomic E-state index is 13.4. The molecule has 230 valence electrons. The van der Waals surface area contributed by atoms with Crippen molar-refractivity contribution in [3.63, 3.8) is 0 Å². The van der Waals surface area contributed by atoms with Crippen molar-refractivity contribution in [2.75, 3.05) is 6.61 Å². The van der Waals surface area contributed by atoms with Gasteiger partial charge < -0.3 is 28.5 Å². The van der Waals surface area contributed by atoms with Crippen LogP contribution in [0.3, 0.4) is 0 Å². The summed E-state index contributed by atoms with van der Waals surface area (Å²) in [5.74, 6) is -4.88. The highest BCUT2D eigenvalue weighted by atomic mass is 16.5. The highest BCUT2D eigenvalue weighted by molar-refractivity contribution is 5.95. The standard InChI is InChI=1S/C34H28O11/c1-3-42-27(37)17-23(29-30(38)21-8-4-6-10-24(21)43-34(29)41)19-12-14-20(15-13-19)32(39)45-31-22-9-5-7-11-25(22)44-33(40)28(31)18(2)16-26(35)36/h4-15,18,23,38H,3,16-17H2,1-2H3,(H,35,36). The van der Waals surface area contributed by atoms with Gasteiger partial charge in [-0.3, -0.25) is 9.59 Å². The third-order valence-electron chi connectivity index (χ3n) is 7.36. The number of carbonyl (C=O) groups excluding carboxylic acids is 2. The van der Waals surface area contributed by atoms with Crippen LogP contribution in [0.2, 0.25) is 0 Å². The summed E-state index contributed by atoms with van der Waals surface area (Å²) < 4.78 is 21.6. The first-order valence-corrected chi connectivity index (χ1v) is 14.1. The fourth-order valence-corrected chi connectivity index (χ4v) is 5.27. The van der Waals surface area contributed by atoms with Gasteiger partial charge in [-0.25, -0.2) is 14.4 Å². The number of esters is 2. The summed E-state index contributed by atoms with van der Waals surface area (Å²) >= 11 is 0. The van der Waals surface area contributed by atoms with E-state index in [1.54, 1.807) is 43.3 Å². The lowest BCUT2D eigenvalue weighted by Gasteiger charge is -2.18. The molecular formula is C34H28O11. The second-order valence-corrected chi connectivity index (χ2v) is 10.3. The monoisotopic (exact) mass is 612 g/mol. The number of carboxylic acids is 1. The Morgan fingerprint density at radius 1 is 0.800 bits per heavy atom. The van der Waals surface area contributed by atoms with Gasteiger partial charge in [0, 0.05) is 11.8 Å². The van der Waals surface area contributed by atoms with Crippen LogP contribution in [0.25, 0.3) is 21.9 Å². The summed E-state index contributed by atoms with van der Waals surface area (Å²) in [7, 11) is 0. The van der Waals surface area contributed by atoms with Gasteiger partial charge in [0.25, 0.3) is 0 Å². The number of carbonyl (C=O) groups is 3. The van der Waals surface area contributed by atoms with Gasteiger partial charge in [0.1, 0.15) is 16.9 Å². The second kappa shape index (κ2) is 12.9. The van der Waals surface area contributed by atoms with E-state index in [2.05, 4.69) is 0 Å². The number of fused-ring (bicyclic) bond motifs is 2. The molecule has 5 rings (SSSR count). The molecule has 0 bridgehead atoms. The molecule has 2 aromatic heterocycles. The third kappa shape index (κ3) is 6.32. The van der Waals surface area contributed by atoms with E-state index < -0.39 is 47.4 Å². The van der Waals surface area contributed by atoms with E-state index in [1.807, 2.05) is 0 Å². The molecule has 0 aliphatic carbocycles. The third-order valence-corrected chi connectivity index (χ3v) is 7.36. The summed E-state index contributed by atoms with van der Waals surface area (Å²) in [6.07, 6.45) is -0.704. The van der Waals surface area contributed by atoms with Crippen LogP contribution in [-0.4, -0.2) is 34.7 Å². The van der Waals surface area contributed by atoms with Crippen LogP contribution in [-0.2, 0) is 14.3 Å². The van der Waals surface area contributed by atoms with Gasteiger partial charge in [0.2, 0.25) is 0 Å². The normalized spacial score (nSPS) is 12.5. The number of benzene rings is 3. The Hall–Kier alpha value is -5.71. The van der Waals surface area contributed by atoms with Gasteiger partial charge in [-0.05, 0) is 48.9 Å². The van der Waals surface area contributed by atoms with Gasteiger partial charge in [-0.1, -0.05) is 43.3 Å². The molecular weight excluding hydrogens is 584 g/mol. The van der Waals surface area contributed by atoms with Crippen molar-refractivity contribution in [2.24, 2.45) is 0 Å². The lowest BCUT2D eigenvalue weighted by Crippen LogP contribution is -2.19. The van der Waals surface area contributed by atoms with Gasteiger partial charge in [0.05, 0.1) is 46.9 Å². The Kier molecular flexibility index (Phi) is 8.80. The number of carboxylic acid groups (broad SMARTS) is 1. The molecule has 2 heterocycles. The topological polar surface area (TPSA) is 171 Å². The van der Waals surface area contributed by atoms with E-state index in [0.29, 0.717) is 10.9 Å². The number of hydrogen-bond acceptors (Lipinski definition) is 10. The molecule has 11 heteroatoms. The molecule has 2 unspecified atom stereocenters. The molecule has 11 nitrogen and oxygen atoms in total. The zero-order chi connectivity index (χ0) is 32.2. The van der Waals surface area contributed by atoms with Crippen molar-refractivity contribution < 1.29 is 42.9 Å². The summed E-state index contributed by atoms with van der Waals surface area (Å²) in [4.78, 5) is 63.3. The molecule has 0 saturated carbocycles. The summed E-state index contributed by atoms with van der Waals surface area (Å²) in [6.45, 7) is 3.26. The molecule has 0 spiro atoms. The maximum Gasteiger partial charge on any atom is 0.343 e. The number of hydrogen-bond donors (Lipinski definition) is 2. The quantitative estimate of drug-likeness (QED) is 0.151. The van der Waals surface area contributed by atoms with E-state index >= 15 is 0 Å². The van der Waals surface area contributed by atoms with Gasteiger partial charge in [-0.15, -0.1) is 0 Å². The fourth-order valence-electron chi connectivity index (χ4n) is 5.27. The molecule has 0 saturated heterocycles. The smallest absolute Gasteiger partial charge is 0.343 e. The van der Waals surface area contributed by atoms with E-state index in [4.69, 9.17) is 18.3 Å². The minimum atomic E-state index is -1.15. The van der Waals surface area contributed by atoms with E-state index in [-0.39, 0.29) is 57.8 Å². The van der Waals surface area contributed by atoms with Crippen molar-refractivity contribution >= 4 is 39.8 Å². The largest absolute Gasteiger partial charge is 0.507 e. The fraction of sp³-hybridized carbons (Fsp3) is 0.206.